The average Bonchev–Trinajstić information content (AvgIpc) is 2.78. The van der Waals surface area contributed by atoms with Crippen molar-refractivity contribution < 1.29 is 19.0 Å². The summed E-state index contributed by atoms with van der Waals surface area (Å²) >= 11 is 3.47. The summed E-state index contributed by atoms with van der Waals surface area (Å²) in [5, 5.41) is 9.67. The molecule has 7 heteroatoms. The van der Waals surface area contributed by atoms with Crippen LogP contribution < -0.4 is 19.9 Å². The van der Waals surface area contributed by atoms with Crippen LogP contribution in [-0.4, -0.2) is 13.1 Å². The van der Waals surface area contributed by atoms with Crippen LogP contribution in [-0.2, 0) is 0 Å². The Labute approximate surface area is 187 Å². The van der Waals surface area contributed by atoms with Crippen LogP contribution in [0.15, 0.2) is 82.7 Å². The van der Waals surface area contributed by atoms with E-state index in [-0.39, 0.29) is 5.88 Å². The van der Waals surface area contributed by atoms with Gasteiger partial charge in [-0.05, 0) is 48.0 Å². The van der Waals surface area contributed by atoms with Crippen LogP contribution in [0.1, 0.15) is 27.4 Å². The van der Waals surface area contributed by atoms with E-state index in [1.807, 2.05) is 24.3 Å². The van der Waals surface area contributed by atoms with E-state index < -0.39 is 11.9 Å². The minimum Gasteiger partial charge on any atom is -0.497 e. The highest BCUT2D eigenvalue weighted by Crippen LogP contribution is 2.43. The van der Waals surface area contributed by atoms with Crippen molar-refractivity contribution in [1.29, 1.82) is 5.26 Å². The number of nitrogens with two attached hydrogens (primary N) is 1. The molecule has 0 aromatic heterocycles. The number of esters is 1. The molecule has 1 unspecified atom stereocenters. The largest absolute Gasteiger partial charge is 0.497 e. The maximum absolute atomic E-state index is 12.5. The molecule has 1 atom stereocenters. The molecule has 1 aliphatic heterocycles. The van der Waals surface area contributed by atoms with Gasteiger partial charge >= 0.3 is 5.97 Å². The molecule has 0 spiro atoms. The van der Waals surface area contributed by atoms with Gasteiger partial charge in [-0.15, -0.1) is 0 Å². The van der Waals surface area contributed by atoms with Crippen molar-refractivity contribution in [3.63, 3.8) is 0 Å². The molecule has 0 fully saturated rings. The normalized spacial score (nSPS) is 14.8. The summed E-state index contributed by atoms with van der Waals surface area (Å²) in [5.41, 5.74) is 8.41. The molecule has 31 heavy (non-hydrogen) atoms. The molecule has 154 valence electrons. The predicted molar refractivity (Wildman–Crippen MR) is 118 cm³/mol. The molecule has 1 aliphatic rings. The van der Waals surface area contributed by atoms with Crippen LogP contribution in [0.5, 0.6) is 17.2 Å². The monoisotopic (exact) mass is 476 g/mol. The van der Waals surface area contributed by atoms with Gasteiger partial charge in [-0.1, -0.05) is 34.1 Å². The third kappa shape index (κ3) is 4.11. The number of fused-ring (bicyclic) bond motifs is 1. The second-order valence-electron chi connectivity index (χ2n) is 6.80. The number of nitriles is 1. The Morgan fingerprint density at radius 2 is 1.84 bits per heavy atom. The highest BCUT2D eigenvalue weighted by molar-refractivity contribution is 9.10. The summed E-state index contributed by atoms with van der Waals surface area (Å²) in [6.45, 7) is 0. The lowest BCUT2D eigenvalue weighted by Gasteiger charge is -2.26. The van der Waals surface area contributed by atoms with E-state index in [1.165, 1.54) is 0 Å². The van der Waals surface area contributed by atoms with Crippen molar-refractivity contribution in [3.05, 3.63) is 99.3 Å². The van der Waals surface area contributed by atoms with Gasteiger partial charge in [-0.3, -0.25) is 0 Å². The Kier molecular flexibility index (Phi) is 5.65. The maximum Gasteiger partial charge on any atom is 0.343 e. The van der Waals surface area contributed by atoms with E-state index in [2.05, 4.69) is 22.0 Å². The molecule has 0 saturated heterocycles. The first-order valence-electron chi connectivity index (χ1n) is 9.33. The zero-order valence-corrected chi connectivity index (χ0v) is 18.0. The van der Waals surface area contributed by atoms with Gasteiger partial charge < -0.3 is 19.9 Å². The topological polar surface area (TPSA) is 94.6 Å². The Hall–Kier alpha value is -3.76. The standard InChI is InChI=1S/C24H17BrN2O4/c1-29-17-7-5-14(6-8-17)24(28)30-18-9-10-19-21(12-18)31-23(27)20(13-26)22(19)15-3-2-4-16(25)11-15/h2-12,22H,27H2,1H3. The molecular weight excluding hydrogens is 460 g/mol. The fourth-order valence-corrected chi connectivity index (χ4v) is 3.84. The minimum atomic E-state index is -0.511. The summed E-state index contributed by atoms with van der Waals surface area (Å²) in [6, 6.07) is 21.5. The lowest BCUT2D eigenvalue weighted by Crippen LogP contribution is -2.21. The van der Waals surface area contributed by atoms with E-state index >= 15 is 0 Å². The Morgan fingerprint density at radius 3 is 2.52 bits per heavy atom. The number of methoxy groups -OCH3 is 1. The van der Waals surface area contributed by atoms with Crippen molar-refractivity contribution in [3.8, 4) is 23.3 Å². The number of carbonyl (C=O) groups is 1. The lowest BCUT2D eigenvalue weighted by atomic mass is 9.83. The predicted octanol–water partition coefficient (Wildman–Crippen LogP) is 4.90. The Morgan fingerprint density at radius 1 is 1.10 bits per heavy atom. The molecule has 3 aromatic carbocycles. The van der Waals surface area contributed by atoms with Crippen molar-refractivity contribution >= 4 is 21.9 Å². The number of carbonyl (C=O) groups excluding carboxylic acids is 1. The van der Waals surface area contributed by atoms with Crippen molar-refractivity contribution in [2.24, 2.45) is 5.73 Å². The fourth-order valence-electron chi connectivity index (χ4n) is 3.42. The molecule has 0 saturated carbocycles. The number of ether oxygens (including phenoxy) is 3. The second-order valence-corrected chi connectivity index (χ2v) is 7.71. The molecule has 4 rings (SSSR count). The molecule has 1 heterocycles. The van der Waals surface area contributed by atoms with Gasteiger partial charge in [-0.2, -0.15) is 5.26 Å². The average molecular weight is 477 g/mol. The summed E-state index contributed by atoms with van der Waals surface area (Å²) in [6.07, 6.45) is 0. The first-order chi connectivity index (χ1) is 15.0. The van der Waals surface area contributed by atoms with Gasteiger partial charge in [-0.25, -0.2) is 4.79 Å². The fraction of sp³-hybridized carbons (Fsp3) is 0.0833. The van der Waals surface area contributed by atoms with Gasteiger partial charge in [0.15, 0.2) is 0 Å². The van der Waals surface area contributed by atoms with Crippen molar-refractivity contribution in [1.82, 2.24) is 0 Å². The number of halogens is 1. The van der Waals surface area contributed by atoms with E-state index in [1.54, 1.807) is 49.6 Å². The van der Waals surface area contributed by atoms with E-state index in [9.17, 15) is 10.1 Å². The zero-order chi connectivity index (χ0) is 22.0. The van der Waals surface area contributed by atoms with Crippen molar-refractivity contribution in [2.45, 2.75) is 5.92 Å². The third-order valence-corrected chi connectivity index (χ3v) is 5.40. The van der Waals surface area contributed by atoms with Gasteiger partial charge in [0, 0.05) is 16.1 Å². The molecule has 2 N–H and O–H groups in total. The molecule has 3 aromatic rings. The van der Waals surface area contributed by atoms with Gasteiger partial charge in [0.05, 0.1) is 18.6 Å². The lowest BCUT2D eigenvalue weighted by molar-refractivity contribution is 0.0734. The van der Waals surface area contributed by atoms with Crippen LogP contribution >= 0.6 is 15.9 Å². The van der Waals surface area contributed by atoms with Gasteiger partial charge in [0.2, 0.25) is 5.88 Å². The first kappa shape index (κ1) is 20.5. The minimum absolute atomic E-state index is 0.0265. The maximum atomic E-state index is 12.5. The molecule has 0 radical (unpaired) electrons. The zero-order valence-electron chi connectivity index (χ0n) is 16.5. The number of allylic oxidation sites excluding steroid dienone is 1. The highest BCUT2D eigenvalue weighted by atomic mass is 79.9. The summed E-state index contributed by atoms with van der Waals surface area (Å²) in [5.74, 6) is 0.509. The van der Waals surface area contributed by atoms with E-state index in [0.29, 0.717) is 28.4 Å². The summed E-state index contributed by atoms with van der Waals surface area (Å²) in [7, 11) is 1.56. The molecule has 0 aliphatic carbocycles. The number of rotatable bonds is 4. The highest BCUT2D eigenvalue weighted by Gasteiger charge is 2.31. The molecule has 0 bridgehead atoms. The first-order valence-corrected chi connectivity index (χ1v) is 10.1. The second kappa shape index (κ2) is 8.54. The van der Waals surface area contributed by atoms with Crippen LogP contribution in [0.25, 0.3) is 0 Å². The van der Waals surface area contributed by atoms with Crippen LogP contribution in [0.3, 0.4) is 0 Å². The SMILES string of the molecule is COc1ccc(C(=O)Oc2ccc3c(c2)OC(N)=C(C#N)C3c2cccc(Br)c2)cc1. The number of benzene rings is 3. The molecular formula is C24H17BrN2O4. The van der Waals surface area contributed by atoms with E-state index in [0.717, 1.165) is 15.6 Å². The molecule has 6 nitrogen and oxygen atoms in total. The summed E-state index contributed by atoms with van der Waals surface area (Å²) < 4.78 is 17.2. The Balaban J connectivity index is 1.66. The third-order valence-electron chi connectivity index (χ3n) is 4.91. The van der Waals surface area contributed by atoms with Crippen LogP contribution in [0.4, 0.5) is 0 Å². The number of nitrogens with zero attached hydrogens (tertiary/aromatic N) is 1. The number of hydrogen-bond donors (Lipinski definition) is 1. The van der Waals surface area contributed by atoms with E-state index in [4.69, 9.17) is 19.9 Å². The summed E-state index contributed by atoms with van der Waals surface area (Å²) in [4.78, 5) is 12.5. The van der Waals surface area contributed by atoms with Crippen molar-refractivity contribution in [2.75, 3.05) is 7.11 Å². The number of hydrogen-bond acceptors (Lipinski definition) is 6. The van der Waals surface area contributed by atoms with Crippen LogP contribution in [0, 0.1) is 11.3 Å². The van der Waals surface area contributed by atoms with Crippen LogP contribution in [0.2, 0.25) is 0 Å². The Bertz CT molecular complexity index is 1230. The van der Waals surface area contributed by atoms with Gasteiger partial charge in [0.1, 0.15) is 28.9 Å². The van der Waals surface area contributed by atoms with Gasteiger partial charge in [0.25, 0.3) is 0 Å². The smallest absolute Gasteiger partial charge is 0.343 e. The molecule has 0 amide bonds. The quantitative estimate of drug-likeness (QED) is 0.425.